The number of hydrogen-bond donors (Lipinski definition) is 1. The van der Waals surface area contributed by atoms with Crippen LogP contribution in [-0.2, 0) is 0 Å². The van der Waals surface area contributed by atoms with E-state index >= 15 is 0 Å². The molecule has 4 heteroatoms. The van der Waals surface area contributed by atoms with Crippen molar-refractivity contribution in [1.82, 2.24) is 9.88 Å². The van der Waals surface area contributed by atoms with Crippen LogP contribution >= 0.6 is 0 Å². The second-order valence-corrected chi connectivity index (χ2v) is 4.70. The Morgan fingerprint density at radius 1 is 1.65 bits per heavy atom. The molecule has 2 atom stereocenters. The average Bonchev–Trinajstić information content (AvgIpc) is 2.69. The molecule has 1 N–H and O–H groups in total. The Hall–Kier alpha value is -1.42. The largest absolute Gasteiger partial charge is 0.394 e. The van der Waals surface area contributed by atoms with Gasteiger partial charge in [0, 0.05) is 24.0 Å². The molecule has 4 nitrogen and oxygen atoms in total. The molecule has 2 unspecified atom stereocenters. The maximum absolute atomic E-state index is 12.3. The number of nitrogens with zero attached hydrogens (tertiary/aromatic N) is 2. The van der Waals surface area contributed by atoms with Crippen molar-refractivity contribution < 1.29 is 9.90 Å². The predicted molar refractivity (Wildman–Crippen MR) is 64.7 cm³/mol. The standard InChI is InChI=1S/C13H18N2O2/c1-9-4-6-15(12(9)8-16)13(17)11-3-5-14-10(2)7-11/h3,5,7,9,12,16H,4,6,8H2,1-2H3. The highest BCUT2D eigenvalue weighted by Gasteiger charge is 2.34. The fourth-order valence-electron chi connectivity index (χ4n) is 2.38. The van der Waals surface area contributed by atoms with Gasteiger partial charge in [-0.05, 0) is 31.4 Å². The zero-order valence-corrected chi connectivity index (χ0v) is 10.3. The molecule has 0 aliphatic carbocycles. The van der Waals surface area contributed by atoms with Gasteiger partial charge in [-0.15, -0.1) is 0 Å². The first-order valence-electron chi connectivity index (χ1n) is 5.98. The van der Waals surface area contributed by atoms with Crippen molar-refractivity contribution in [2.45, 2.75) is 26.3 Å². The Bertz CT molecular complexity index is 420. The number of hydrogen-bond acceptors (Lipinski definition) is 3. The van der Waals surface area contributed by atoms with Gasteiger partial charge in [-0.25, -0.2) is 0 Å². The summed E-state index contributed by atoms with van der Waals surface area (Å²) in [6.07, 6.45) is 2.61. The molecular weight excluding hydrogens is 216 g/mol. The zero-order chi connectivity index (χ0) is 12.4. The highest BCUT2D eigenvalue weighted by atomic mass is 16.3. The molecule has 17 heavy (non-hydrogen) atoms. The molecule has 2 heterocycles. The van der Waals surface area contributed by atoms with Crippen LogP contribution in [0.15, 0.2) is 18.3 Å². The fourth-order valence-corrected chi connectivity index (χ4v) is 2.38. The fraction of sp³-hybridized carbons (Fsp3) is 0.538. The van der Waals surface area contributed by atoms with Crippen LogP contribution in [0.3, 0.4) is 0 Å². The zero-order valence-electron chi connectivity index (χ0n) is 10.3. The predicted octanol–water partition coefficient (Wildman–Crippen LogP) is 1.23. The van der Waals surface area contributed by atoms with Crippen molar-refractivity contribution in [2.24, 2.45) is 5.92 Å². The van der Waals surface area contributed by atoms with Gasteiger partial charge in [0.1, 0.15) is 0 Å². The van der Waals surface area contributed by atoms with E-state index in [-0.39, 0.29) is 18.6 Å². The number of aliphatic hydroxyl groups is 1. The van der Waals surface area contributed by atoms with Gasteiger partial charge in [-0.3, -0.25) is 9.78 Å². The van der Waals surface area contributed by atoms with Crippen LogP contribution in [-0.4, -0.2) is 40.1 Å². The molecule has 1 amide bonds. The summed E-state index contributed by atoms with van der Waals surface area (Å²) in [5.74, 6) is 0.366. The number of aliphatic hydroxyl groups excluding tert-OH is 1. The molecule has 92 valence electrons. The van der Waals surface area contributed by atoms with Crippen LogP contribution in [0.4, 0.5) is 0 Å². The van der Waals surface area contributed by atoms with E-state index in [1.54, 1.807) is 23.2 Å². The van der Waals surface area contributed by atoms with Crippen molar-refractivity contribution >= 4 is 5.91 Å². The minimum absolute atomic E-state index is 0.00102. The summed E-state index contributed by atoms with van der Waals surface area (Å²) in [5, 5.41) is 9.35. The molecule has 0 bridgehead atoms. The van der Waals surface area contributed by atoms with Crippen molar-refractivity contribution in [3.63, 3.8) is 0 Å². The molecule has 0 aromatic carbocycles. The average molecular weight is 234 g/mol. The Kier molecular flexibility index (Phi) is 3.43. The van der Waals surface area contributed by atoms with Crippen molar-refractivity contribution in [3.8, 4) is 0 Å². The second-order valence-electron chi connectivity index (χ2n) is 4.70. The van der Waals surface area contributed by atoms with E-state index < -0.39 is 0 Å². The molecule has 1 fully saturated rings. The summed E-state index contributed by atoms with van der Waals surface area (Å²) >= 11 is 0. The van der Waals surface area contributed by atoms with Gasteiger partial charge in [0.2, 0.25) is 0 Å². The van der Waals surface area contributed by atoms with E-state index in [9.17, 15) is 9.90 Å². The lowest BCUT2D eigenvalue weighted by atomic mass is 10.0. The van der Waals surface area contributed by atoms with Crippen LogP contribution in [0, 0.1) is 12.8 Å². The highest BCUT2D eigenvalue weighted by Crippen LogP contribution is 2.25. The van der Waals surface area contributed by atoms with Crippen molar-refractivity contribution in [3.05, 3.63) is 29.6 Å². The molecule has 0 saturated carbocycles. The Morgan fingerprint density at radius 2 is 2.41 bits per heavy atom. The Labute approximate surface area is 101 Å². The highest BCUT2D eigenvalue weighted by molar-refractivity contribution is 5.94. The summed E-state index contributed by atoms with van der Waals surface area (Å²) in [6, 6.07) is 3.47. The molecule has 1 aromatic heterocycles. The number of carbonyl (C=O) groups is 1. The van der Waals surface area contributed by atoms with E-state index in [2.05, 4.69) is 11.9 Å². The molecule has 1 saturated heterocycles. The number of aryl methyl sites for hydroxylation is 1. The number of aromatic nitrogens is 1. The summed E-state index contributed by atoms with van der Waals surface area (Å²) in [5.41, 5.74) is 1.49. The molecule has 1 aliphatic heterocycles. The third-order valence-electron chi connectivity index (χ3n) is 3.47. The van der Waals surface area contributed by atoms with Gasteiger partial charge >= 0.3 is 0 Å². The monoisotopic (exact) mass is 234 g/mol. The van der Waals surface area contributed by atoms with Gasteiger partial charge in [-0.2, -0.15) is 0 Å². The van der Waals surface area contributed by atoms with Gasteiger partial charge in [-0.1, -0.05) is 6.92 Å². The van der Waals surface area contributed by atoms with Gasteiger partial charge in [0.25, 0.3) is 5.91 Å². The first kappa shape index (κ1) is 12.0. The summed E-state index contributed by atoms with van der Waals surface area (Å²) in [7, 11) is 0. The molecule has 1 aromatic rings. The van der Waals surface area contributed by atoms with Crippen LogP contribution in [0.2, 0.25) is 0 Å². The van der Waals surface area contributed by atoms with E-state index in [0.717, 1.165) is 18.7 Å². The van der Waals surface area contributed by atoms with Gasteiger partial charge < -0.3 is 10.0 Å². The molecular formula is C13H18N2O2. The van der Waals surface area contributed by atoms with Gasteiger partial charge in [0.05, 0.1) is 12.6 Å². The Balaban J connectivity index is 2.20. The van der Waals surface area contributed by atoms with Crippen LogP contribution < -0.4 is 0 Å². The lowest BCUT2D eigenvalue weighted by Crippen LogP contribution is -2.39. The van der Waals surface area contributed by atoms with Crippen molar-refractivity contribution in [1.29, 1.82) is 0 Å². The maximum Gasteiger partial charge on any atom is 0.254 e. The number of amides is 1. The van der Waals surface area contributed by atoms with E-state index in [4.69, 9.17) is 0 Å². The van der Waals surface area contributed by atoms with Crippen LogP contribution in [0.1, 0.15) is 29.4 Å². The maximum atomic E-state index is 12.3. The summed E-state index contributed by atoms with van der Waals surface area (Å²) in [4.78, 5) is 18.2. The molecule has 0 spiro atoms. The number of pyridine rings is 1. The van der Waals surface area contributed by atoms with E-state index in [1.165, 1.54) is 0 Å². The molecule has 1 aliphatic rings. The van der Waals surface area contributed by atoms with Crippen LogP contribution in [0.25, 0.3) is 0 Å². The third-order valence-corrected chi connectivity index (χ3v) is 3.47. The van der Waals surface area contributed by atoms with E-state index in [0.29, 0.717) is 11.5 Å². The summed E-state index contributed by atoms with van der Waals surface area (Å²) < 4.78 is 0. The molecule has 0 radical (unpaired) electrons. The quantitative estimate of drug-likeness (QED) is 0.837. The minimum Gasteiger partial charge on any atom is -0.394 e. The van der Waals surface area contributed by atoms with E-state index in [1.807, 2.05) is 6.92 Å². The first-order valence-corrected chi connectivity index (χ1v) is 5.98. The number of likely N-dealkylation sites (tertiary alicyclic amines) is 1. The summed E-state index contributed by atoms with van der Waals surface area (Å²) in [6.45, 7) is 4.71. The molecule has 2 rings (SSSR count). The number of rotatable bonds is 2. The van der Waals surface area contributed by atoms with Crippen LogP contribution in [0.5, 0.6) is 0 Å². The van der Waals surface area contributed by atoms with Gasteiger partial charge in [0.15, 0.2) is 0 Å². The number of carbonyl (C=O) groups excluding carboxylic acids is 1. The SMILES string of the molecule is Cc1cc(C(=O)N2CCC(C)C2CO)ccn1. The smallest absolute Gasteiger partial charge is 0.254 e. The lowest BCUT2D eigenvalue weighted by Gasteiger charge is -2.25. The normalized spacial score (nSPS) is 24.1. The second kappa shape index (κ2) is 4.84. The Morgan fingerprint density at radius 3 is 3.06 bits per heavy atom. The minimum atomic E-state index is -0.0454. The first-order chi connectivity index (χ1) is 8.13. The topological polar surface area (TPSA) is 53.4 Å². The third kappa shape index (κ3) is 2.31. The lowest BCUT2D eigenvalue weighted by molar-refractivity contribution is 0.0648. The van der Waals surface area contributed by atoms with Crippen molar-refractivity contribution in [2.75, 3.05) is 13.2 Å².